The predicted molar refractivity (Wildman–Crippen MR) is 98.2 cm³/mol. The standard InChI is InChI=1S/C19H24N4O3/c1-10-15(17(24)26-11(2)19(3,4)5)16(23-18(25)22-10)12-6-7-13-14(8-12)21-9-20-13/h6-9,11,16H,1-5H3,(H,20,21)(H2,22,23,25). The Morgan fingerprint density at radius 3 is 2.73 bits per heavy atom. The lowest BCUT2D eigenvalue weighted by Gasteiger charge is -2.31. The summed E-state index contributed by atoms with van der Waals surface area (Å²) in [6.45, 7) is 9.61. The van der Waals surface area contributed by atoms with E-state index in [9.17, 15) is 9.59 Å². The number of benzene rings is 1. The van der Waals surface area contributed by atoms with Crippen LogP contribution in [0.1, 0.15) is 46.2 Å². The number of nitrogens with one attached hydrogen (secondary N) is 3. The summed E-state index contributed by atoms with van der Waals surface area (Å²) >= 11 is 0. The van der Waals surface area contributed by atoms with E-state index >= 15 is 0 Å². The Kier molecular flexibility index (Phi) is 4.48. The molecule has 1 aromatic heterocycles. The van der Waals surface area contributed by atoms with Crippen LogP contribution in [0.3, 0.4) is 0 Å². The summed E-state index contributed by atoms with van der Waals surface area (Å²) in [5, 5.41) is 5.48. The minimum atomic E-state index is -0.587. The summed E-state index contributed by atoms with van der Waals surface area (Å²) in [5.41, 5.74) is 3.16. The first-order valence-electron chi connectivity index (χ1n) is 8.59. The van der Waals surface area contributed by atoms with Gasteiger partial charge in [-0.1, -0.05) is 26.8 Å². The van der Waals surface area contributed by atoms with E-state index in [0.29, 0.717) is 11.3 Å². The van der Waals surface area contributed by atoms with Crippen LogP contribution in [0, 0.1) is 5.41 Å². The molecule has 3 rings (SSSR count). The largest absolute Gasteiger partial charge is 0.459 e. The summed E-state index contributed by atoms with van der Waals surface area (Å²) in [5.74, 6) is -0.438. The Labute approximate surface area is 152 Å². The van der Waals surface area contributed by atoms with Gasteiger partial charge in [-0.3, -0.25) is 0 Å². The highest BCUT2D eigenvalue weighted by Crippen LogP contribution is 2.31. The minimum absolute atomic E-state index is 0.181. The topological polar surface area (TPSA) is 96.1 Å². The van der Waals surface area contributed by atoms with Gasteiger partial charge in [-0.25, -0.2) is 14.6 Å². The summed E-state index contributed by atoms with van der Waals surface area (Å²) in [6.07, 6.45) is 1.33. The number of H-pyrrole nitrogens is 1. The number of allylic oxidation sites excluding steroid dienone is 1. The molecule has 7 heteroatoms. The molecule has 138 valence electrons. The molecule has 0 aliphatic carbocycles. The number of hydrogen-bond donors (Lipinski definition) is 3. The Balaban J connectivity index is 1.97. The number of imidazole rings is 1. The lowest BCUT2D eigenvalue weighted by Crippen LogP contribution is -2.46. The first kappa shape index (κ1) is 18.0. The molecule has 7 nitrogen and oxygen atoms in total. The van der Waals surface area contributed by atoms with Crippen LogP contribution in [0.4, 0.5) is 4.79 Å². The molecule has 2 unspecified atom stereocenters. The average molecular weight is 356 g/mol. The van der Waals surface area contributed by atoms with Crippen molar-refractivity contribution in [3.05, 3.63) is 41.4 Å². The number of carbonyl (C=O) groups excluding carboxylic acids is 2. The Bertz CT molecular complexity index is 892. The maximum atomic E-state index is 12.9. The van der Waals surface area contributed by atoms with E-state index in [-0.39, 0.29) is 17.6 Å². The molecule has 0 saturated heterocycles. The Hall–Kier alpha value is -2.83. The molecule has 0 saturated carbocycles. The molecule has 2 aromatic rings. The van der Waals surface area contributed by atoms with Crippen molar-refractivity contribution in [3.63, 3.8) is 0 Å². The molecular formula is C19H24N4O3. The van der Waals surface area contributed by atoms with Crippen molar-refractivity contribution < 1.29 is 14.3 Å². The fourth-order valence-electron chi connectivity index (χ4n) is 2.75. The Morgan fingerprint density at radius 1 is 1.31 bits per heavy atom. The number of amides is 2. The van der Waals surface area contributed by atoms with Crippen molar-refractivity contribution in [1.82, 2.24) is 20.6 Å². The van der Waals surface area contributed by atoms with Crippen molar-refractivity contribution in [2.24, 2.45) is 5.41 Å². The van der Waals surface area contributed by atoms with E-state index in [0.717, 1.165) is 16.6 Å². The predicted octanol–water partition coefficient (Wildman–Crippen LogP) is 3.17. The number of ether oxygens (including phenoxy) is 1. The second-order valence-electron chi connectivity index (χ2n) is 7.66. The van der Waals surface area contributed by atoms with Crippen LogP contribution in [0.5, 0.6) is 0 Å². The molecule has 0 radical (unpaired) electrons. The molecule has 2 amide bonds. The maximum Gasteiger partial charge on any atom is 0.338 e. The zero-order valence-electron chi connectivity index (χ0n) is 15.6. The minimum Gasteiger partial charge on any atom is -0.459 e. The molecule has 0 bridgehead atoms. The van der Waals surface area contributed by atoms with Gasteiger partial charge in [0.2, 0.25) is 0 Å². The fourth-order valence-corrected chi connectivity index (χ4v) is 2.75. The zero-order chi connectivity index (χ0) is 19.1. The van der Waals surface area contributed by atoms with E-state index < -0.39 is 12.0 Å². The molecule has 2 atom stereocenters. The molecule has 3 N–H and O–H groups in total. The van der Waals surface area contributed by atoms with Crippen LogP contribution in [-0.2, 0) is 9.53 Å². The third-order valence-corrected chi connectivity index (χ3v) is 4.77. The first-order chi connectivity index (χ1) is 12.2. The fraction of sp³-hybridized carbons (Fsp3) is 0.421. The Morgan fingerprint density at radius 2 is 2.04 bits per heavy atom. The van der Waals surface area contributed by atoms with Gasteiger partial charge in [0.1, 0.15) is 6.10 Å². The number of urea groups is 1. The van der Waals surface area contributed by atoms with E-state index in [2.05, 4.69) is 20.6 Å². The van der Waals surface area contributed by atoms with Gasteiger partial charge < -0.3 is 20.4 Å². The summed E-state index contributed by atoms with van der Waals surface area (Å²) in [4.78, 5) is 32.1. The average Bonchev–Trinajstić information content (AvgIpc) is 3.00. The number of rotatable bonds is 3. The van der Waals surface area contributed by atoms with E-state index in [1.165, 1.54) is 0 Å². The van der Waals surface area contributed by atoms with Gasteiger partial charge in [-0.15, -0.1) is 0 Å². The van der Waals surface area contributed by atoms with Crippen LogP contribution in [-0.4, -0.2) is 28.1 Å². The highest BCUT2D eigenvalue weighted by Gasteiger charge is 2.34. The first-order valence-corrected chi connectivity index (χ1v) is 8.59. The number of carbonyl (C=O) groups is 2. The number of aromatic nitrogens is 2. The van der Waals surface area contributed by atoms with Gasteiger partial charge in [-0.2, -0.15) is 0 Å². The van der Waals surface area contributed by atoms with E-state index in [4.69, 9.17) is 4.74 Å². The second kappa shape index (κ2) is 6.48. The molecule has 1 aliphatic heterocycles. The number of fused-ring (bicyclic) bond motifs is 1. The van der Waals surface area contributed by atoms with Crippen molar-refractivity contribution in [2.45, 2.75) is 46.8 Å². The van der Waals surface area contributed by atoms with Crippen LogP contribution in [0.15, 0.2) is 35.8 Å². The number of nitrogens with zero attached hydrogens (tertiary/aromatic N) is 1. The van der Waals surface area contributed by atoms with Gasteiger partial charge in [0, 0.05) is 5.70 Å². The summed E-state index contributed by atoms with van der Waals surface area (Å²) in [6, 6.07) is 4.65. The molecule has 1 aromatic carbocycles. The zero-order valence-corrected chi connectivity index (χ0v) is 15.6. The third kappa shape index (κ3) is 3.42. The highest BCUT2D eigenvalue weighted by molar-refractivity contribution is 5.95. The van der Waals surface area contributed by atoms with Crippen LogP contribution in [0.2, 0.25) is 0 Å². The van der Waals surface area contributed by atoms with Crippen molar-refractivity contribution >= 4 is 23.0 Å². The molecular weight excluding hydrogens is 332 g/mol. The summed E-state index contributed by atoms with van der Waals surface area (Å²) < 4.78 is 5.68. The van der Waals surface area contributed by atoms with Crippen LogP contribution in [0.25, 0.3) is 11.0 Å². The quantitative estimate of drug-likeness (QED) is 0.736. The van der Waals surface area contributed by atoms with Gasteiger partial charge >= 0.3 is 12.0 Å². The van der Waals surface area contributed by atoms with Gasteiger partial charge in [0.05, 0.1) is 29.0 Å². The van der Waals surface area contributed by atoms with E-state index in [1.807, 2.05) is 45.9 Å². The van der Waals surface area contributed by atoms with Gasteiger partial charge in [0.15, 0.2) is 0 Å². The van der Waals surface area contributed by atoms with E-state index in [1.54, 1.807) is 13.3 Å². The van der Waals surface area contributed by atoms with Crippen molar-refractivity contribution in [1.29, 1.82) is 0 Å². The maximum absolute atomic E-state index is 12.9. The smallest absolute Gasteiger partial charge is 0.338 e. The molecule has 26 heavy (non-hydrogen) atoms. The second-order valence-corrected chi connectivity index (χ2v) is 7.66. The number of esters is 1. The van der Waals surface area contributed by atoms with Crippen molar-refractivity contribution in [2.75, 3.05) is 0 Å². The van der Waals surface area contributed by atoms with Crippen LogP contribution >= 0.6 is 0 Å². The molecule has 2 heterocycles. The summed E-state index contributed by atoms with van der Waals surface area (Å²) in [7, 11) is 0. The van der Waals surface area contributed by atoms with Crippen LogP contribution < -0.4 is 10.6 Å². The SMILES string of the molecule is CC1=C(C(=O)OC(C)C(C)(C)C)C(c2ccc3nc[nH]c3c2)NC(=O)N1. The highest BCUT2D eigenvalue weighted by atomic mass is 16.5. The molecule has 0 fully saturated rings. The lowest BCUT2D eigenvalue weighted by molar-refractivity contribution is -0.149. The molecule has 1 aliphatic rings. The van der Waals surface area contributed by atoms with Gasteiger partial charge in [0.25, 0.3) is 0 Å². The van der Waals surface area contributed by atoms with Crippen molar-refractivity contribution in [3.8, 4) is 0 Å². The normalized spacial score (nSPS) is 19.1. The monoisotopic (exact) mass is 356 g/mol. The van der Waals surface area contributed by atoms with Gasteiger partial charge in [-0.05, 0) is 37.0 Å². The molecule has 0 spiro atoms. The third-order valence-electron chi connectivity index (χ3n) is 4.77. The number of aromatic amines is 1. The lowest BCUT2D eigenvalue weighted by atomic mass is 9.90. The number of hydrogen-bond acceptors (Lipinski definition) is 4.